The Balaban J connectivity index is 1.82. The second-order valence-electron chi connectivity index (χ2n) is 5.41. The highest BCUT2D eigenvalue weighted by molar-refractivity contribution is 7.99. The molecule has 112 valence electrons. The van der Waals surface area contributed by atoms with Gasteiger partial charge < -0.3 is 15.2 Å². The average Bonchev–Trinajstić information content (AvgIpc) is 2.96. The Bertz CT molecular complexity index is 569. The largest absolute Gasteiger partial charge is 0.493 e. The number of para-hydroxylation sites is 1. The van der Waals surface area contributed by atoms with Crippen LogP contribution in [0.3, 0.4) is 0 Å². The van der Waals surface area contributed by atoms with Crippen molar-refractivity contribution in [3.8, 4) is 5.75 Å². The lowest BCUT2D eigenvalue weighted by molar-refractivity contribution is -0.146. The predicted molar refractivity (Wildman–Crippen MR) is 79.7 cm³/mol. The maximum absolute atomic E-state index is 12.6. The summed E-state index contributed by atoms with van der Waals surface area (Å²) in [6, 6.07) is 7.44. The first kappa shape index (κ1) is 14.3. The van der Waals surface area contributed by atoms with Gasteiger partial charge in [-0.2, -0.15) is 11.8 Å². The molecule has 0 bridgehead atoms. The summed E-state index contributed by atoms with van der Waals surface area (Å²) in [5.74, 6) is 0.415. The summed E-state index contributed by atoms with van der Waals surface area (Å²) in [6.07, 6.45) is 1.05. The number of nitrogens with one attached hydrogen (secondary N) is 1. The van der Waals surface area contributed by atoms with E-state index in [1.807, 2.05) is 24.3 Å². The number of benzene rings is 1. The summed E-state index contributed by atoms with van der Waals surface area (Å²) in [4.78, 5) is 24.1. The number of carboxylic acid groups (broad SMARTS) is 1. The highest BCUT2D eigenvalue weighted by atomic mass is 32.2. The van der Waals surface area contributed by atoms with Crippen LogP contribution >= 0.6 is 11.8 Å². The number of aliphatic carboxylic acids is 1. The maximum atomic E-state index is 12.6. The summed E-state index contributed by atoms with van der Waals surface area (Å²) in [7, 11) is 0. The van der Waals surface area contributed by atoms with Crippen molar-refractivity contribution in [3.63, 3.8) is 0 Å². The molecule has 1 amide bonds. The highest BCUT2D eigenvalue weighted by Gasteiger charge is 2.44. The first-order chi connectivity index (χ1) is 10.1. The number of hydrogen-bond acceptors (Lipinski definition) is 4. The molecule has 1 aromatic rings. The topological polar surface area (TPSA) is 75.6 Å². The lowest BCUT2D eigenvalue weighted by Crippen LogP contribution is -2.56. The quantitative estimate of drug-likeness (QED) is 0.887. The van der Waals surface area contributed by atoms with Crippen LogP contribution in [-0.2, 0) is 9.59 Å². The highest BCUT2D eigenvalue weighted by Crippen LogP contribution is 2.35. The lowest BCUT2D eigenvalue weighted by Gasteiger charge is -2.30. The second-order valence-corrected chi connectivity index (χ2v) is 6.51. The number of hydrogen-bond donors (Lipinski definition) is 2. The Morgan fingerprint density at radius 3 is 2.90 bits per heavy atom. The van der Waals surface area contributed by atoms with Crippen molar-refractivity contribution < 1.29 is 19.4 Å². The zero-order valence-corrected chi connectivity index (χ0v) is 12.3. The number of carbonyl (C=O) groups excluding carboxylic acids is 1. The third-order valence-corrected chi connectivity index (χ3v) is 5.26. The van der Waals surface area contributed by atoms with E-state index in [2.05, 4.69) is 5.32 Å². The summed E-state index contributed by atoms with van der Waals surface area (Å²) in [6.45, 7) is 0.476. The van der Waals surface area contributed by atoms with Crippen LogP contribution in [-0.4, -0.2) is 40.6 Å². The Kier molecular flexibility index (Phi) is 3.80. The van der Waals surface area contributed by atoms with Gasteiger partial charge in [0.1, 0.15) is 11.3 Å². The van der Waals surface area contributed by atoms with E-state index < -0.39 is 11.5 Å². The first-order valence-electron chi connectivity index (χ1n) is 6.97. The van der Waals surface area contributed by atoms with Crippen molar-refractivity contribution in [1.82, 2.24) is 5.32 Å². The van der Waals surface area contributed by atoms with Crippen LogP contribution in [0.1, 0.15) is 24.3 Å². The van der Waals surface area contributed by atoms with Crippen molar-refractivity contribution in [3.05, 3.63) is 29.8 Å². The van der Waals surface area contributed by atoms with Crippen molar-refractivity contribution in [2.24, 2.45) is 0 Å². The fraction of sp³-hybridized carbons (Fsp3) is 0.467. The van der Waals surface area contributed by atoms with Crippen LogP contribution in [0.2, 0.25) is 0 Å². The third-order valence-electron chi connectivity index (χ3n) is 4.07. The van der Waals surface area contributed by atoms with Gasteiger partial charge in [-0.1, -0.05) is 18.2 Å². The van der Waals surface area contributed by atoms with Gasteiger partial charge in [-0.3, -0.25) is 4.79 Å². The van der Waals surface area contributed by atoms with E-state index in [0.717, 1.165) is 11.3 Å². The lowest BCUT2D eigenvalue weighted by atomic mass is 9.90. The van der Waals surface area contributed by atoms with Gasteiger partial charge >= 0.3 is 5.97 Å². The molecule has 0 aromatic heterocycles. The molecule has 2 N–H and O–H groups in total. The minimum Gasteiger partial charge on any atom is -0.493 e. The molecule has 2 heterocycles. The van der Waals surface area contributed by atoms with Crippen LogP contribution in [0.5, 0.6) is 5.75 Å². The first-order valence-corrected chi connectivity index (χ1v) is 8.13. The Morgan fingerprint density at radius 1 is 1.38 bits per heavy atom. The summed E-state index contributed by atoms with van der Waals surface area (Å²) < 4.78 is 5.55. The Morgan fingerprint density at radius 2 is 2.19 bits per heavy atom. The summed E-state index contributed by atoms with van der Waals surface area (Å²) in [5.41, 5.74) is -0.276. The van der Waals surface area contributed by atoms with E-state index >= 15 is 0 Å². The van der Waals surface area contributed by atoms with Gasteiger partial charge in [-0.05, 0) is 24.7 Å². The van der Waals surface area contributed by atoms with Crippen LogP contribution in [0.4, 0.5) is 0 Å². The van der Waals surface area contributed by atoms with Crippen molar-refractivity contribution >= 4 is 23.6 Å². The molecule has 3 rings (SSSR count). The molecule has 2 unspecified atom stereocenters. The second kappa shape index (κ2) is 5.60. The van der Waals surface area contributed by atoms with E-state index in [1.54, 1.807) is 11.8 Å². The van der Waals surface area contributed by atoms with Crippen LogP contribution in [0, 0.1) is 0 Å². The number of thioether (sulfide) groups is 1. The number of fused-ring (bicyclic) bond motifs is 1. The fourth-order valence-electron chi connectivity index (χ4n) is 2.82. The zero-order valence-electron chi connectivity index (χ0n) is 11.5. The van der Waals surface area contributed by atoms with Gasteiger partial charge in [-0.25, -0.2) is 4.79 Å². The molecule has 0 radical (unpaired) electrons. The molecular weight excluding hydrogens is 290 g/mol. The minimum atomic E-state index is -1.12. The number of carboxylic acids is 1. The molecular formula is C15H17NO4S. The van der Waals surface area contributed by atoms with Gasteiger partial charge in [0.2, 0.25) is 5.91 Å². The number of ether oxygens (including phenoxy) is 1. The molecule has 2 aliphatic heterocycles. The zero-order chi connectivity index (χ0) is 14.9. The monoisotopic (exact) mass is 307 g/mol. The number of carbonyl (C=O) groups is 2. The molecule has 1 saturated heterocycles. The van der Waals surface area contributed by atoms with Crippen LogP contribution < -0.4 is 10.1 Å². The van der Waals surface area contributed by atoms with Crippen LogP contribution in [0.25, 0.3) is 0 Å². The number of rotatable bonds is 3. The fourth-order valence-corrected chi connectivity index (χ4v) is 4.15. The maximum Gasteiger partial charge on any atom is 0.330 e. The van der Waals surface area contributed by atoms with Gasteiger partial charge in [0, 0.05) is 11.3 Å². The SMILES string of the molecule is O=C(NC1(C(=O)O)CCSC1)C1CCOc2ccccc21. The molecule has 0 aliphatic carbocycles. The molecule has 6 heteroatoms. The van der Waals surface area contributed by atoms with Crippen molar-refractivity contribution in [2.75, 3.05) is 18.1 Å². The molecule has 0 saturated carbocycles. The normalized spacial score (nSPS) is 27.5. The molecule has 1 aromatic carbocycles. The minimum absolute atomic E-state index is 0.212. The van der Waals surface area contributed by atoms with Gasteiger partial charge in [-0.15, -0.1) is 0 Å². The molecule has 2 atom stereocenters. The smallest absolute Gasteiger partial charge is 0.330 e. The van der Waals surface area contributed by atoms with E-state index in [9.17, 15) is 14.7 Å². The Labute approximate surface area is 127 Å². The van der Waals surface area contributed by atoms with Crippen molar-refractivity contribution in [2.45, 2.75) is 24.3 Å². The molecule has 1 fully saturated rings. The van der Waals surface area contributed by atoms with Crippen LogP contribution in [0.15, 0.2) is 24.3 Å². The van der Waals surface area contributed by atoms with Gasteiger partial charge in [0.05, 0.1) is 12.5 Å². The van der Waals surface area contributed by atoms with Gasteiger partial charge in [0.25, 0.3) is 0 Å². The molecule has 21 heavy (non-hydrogen) atoms. The molecule has 2 aliphatic rings. The summed E-state index contributed by atoms with van der Waals surface area (Å²) >= 11 is 1.56. The van der Waals surface area contributed by atoms with E-state index in [4.69, 9.17) is 4.74 Å². The van der Waals surface area contributed by atoms with Gasteiger partial charge in [0.15, 0.2) is 0 Å². The predicted octanol–water partition coefficient (Wildman–Crippen LogP) is 1.63. The van der Waals surface area contributed by atoms with E-state index in [1.165, 1.54) is 0 Å². The van der Waals surface area contributed by atoms with E-state index in [-0.39, 0.29) is 11.8 Å². The van der Waals surface area contributed by atoms with E-state index in [0.29, 0.717) is 31.0 Å². The standard InChI is InChI=1S/C15H17NO4S/c17-13(16-15(14(18)19)6-8-21-9-15)11-5-7-20-12-4-2-1-3-10(11)12/h1-4,11H,5-9H2,(H,16,17)(H,18,19). The van der Waals surface area contributed by atoms with Crippen molar-refractivity contribution in [1.29, 1.82) is 0 Å². The third kappa shape index (κ3) is 2.60. The molecule has 0 spiro atoms. The summed E-state index contributed by atoms with van der Waals surface area (Å²) in [5, 5.41) is 12.2. The Hall–Kier alpha value is -1.69. The molecule has 5 nitrogen and oxygen atoms in total. The average molecular weight is 307 g/mol. The number of amides is 1.